The number of benzene rings is 1. The predicted molar refractivity (Wildman–Crippen MR) is 112 cm³/mol. The number of fused-ring (bicyclic) bond motifs is 2. The molecule has 0 atom stereocenters. The molecule has 0 fully saturated rings. The number of carbonyl (C=O) groups is 2. The van der Waals surface area contributed by atoms with Gasteiger partial charge in [0, 0.05) is 23.6 Å². The molecule has 0 saturated heterocycles. The average molecular weight is 431 g/mol. The Labute approximate surface area is 176 Å². The molecule has 1 aromatic carbocycles. The molecule has 8 heteroatoms. The van der Waals surface area contributed by atoms with Crippen molar-refractivity contribution in [1.82, 2.24) is 9.55 Å². The monoisotopic (exact) mass is 430 g/mol. The number of esters is 1. The van der Waals surface area contributed by atoms with Crippen LogP contribution in [0.1, 0.15) is 50.7 Å². The molecule has 1 aliphatic rings. The highest BCUT2D eigenvalue weighted by Crippen LogP contribution is 2.29. The number of Topliss-reactive ketones (excluding diaryl/α,β-unsaturated/α-hetero) is 1. The lowest BCUT2D eigenvalue weighted by molar-refractivity contribution is 0.0479. The van der Waals surface area contributed by atoms with Crippen molar-refractivity contribution in [3.8, 4) is 0 Å². The van der Waals surface area contributed by atoms with E-state index < -0.39 is 5.97 Å². The van der Waals surface area contributed by atoms with Gasteiger partial charge in [0.1, 0.15) is 15.5 Å². The van der Waals surface area contributed by atoms with Crippen LogP contribution in [0, 0.1) is 6.92 Å². The normalized spacial score (nSPS) is 13.7. The van der Waals surface area contributed by atoms with E-state index in [0.717, 1.165) is 42.8 Å². The van der Waals surface area contributed by atoms with Crippen molar-refractivity contribution in [3.05, 3.63) is 61.5 Å². The molecule has 6 nitrogen and oxygen atoms in total. The third-order valence-electron chi connectivity index (χ3n) is 5.10. The standard InChI is InChI=1S/C21H19ClN2O4S/c1-12-17-19(23-16-5-3-2-4-10-24(16)20(17)26)29-18(12)21(27)28-11-15(25)13-6-8-14(22)9-7-13/h6-9H,2-5,10-11H2,1H3. The van der Waals surface area contributed by atoms with Gasteiger partial charge in [-0.25, -0.2) is 9.78 Å². The average Bonchev–Trinajstić information content (AvgIpc) is 2.88. The quantitative estimate of drug-likeness (QED) is 0.458. The summed E-state index contributed by atoms with van der Waals surface area (Å²) in [6.07, 6.45) is 3.79. The number of carbonyl (C=O) groups excluding carboxylic acids is 2. The summed E-state index contributed by atoms with van der Waals surface area (Å²) in [6, 6.07) is 6.38. The molecule has 0 radical (unpaired) electrons. The summed E-state index contributed by atoms with van der Waals surface area (Å²) in [7, 11) is 0. The molecular weight excluding hydrogens is 412 g/mol. The Morgan fingerprint density at radius 2 is 1.97 bits per heavy atom. The van der Waals surface area contributed by atoms with Crippen LogP contribution in [0.25, 0.3) is 10.2 Å². The maximum absolute atomic E-state index is 13.0. The van der Waals surface area contributed by atoms with Crippen LogP contribution in [-0.2, 0) is 17.7 Å². The van der Waals surface area contributed by atoms with Gasteiger partial charge in [-0.1, -0.05) is 18.0 Å². The van der Waals surface area contributed by atoms with E-state index in [2.05, 4.69) is 4.98 Å². The van der Waals surface area contributed by atoms with Crippen molar-refractivity contribution in [1.29, 1.82) is 0 Å². The number of hydrogen-bond donors (Lipinski definition) is 0. The highest BCUT2D eigenvalue weighted by Gasteiger charge is 2.23. The minimum absolute atomic E-state index is 0.100. The number of thiophene rings is 1. The zero-order valence-electron chi connectivity index (χ0n) is 15.9. The first-order valence-electron chi connectivity index (χ1n) is 9.44. The Morgan fingerprint density at radius 3 is 2.72 bits per heavy atom. The van der Waals surface area contributed by atoms with E-state index in [1.807, 2.05) is 0 Å². The van der Waals surface area contributed by atoms with Crippen molar-refractivity contribution in [2.24, 2.45) is 0 Å². The molecule has 0 aliphatic carbocycles. The van der Waals surface area contributed by atoms with Crippen LogP contribution in [0.2, 0.25) is 5.02 Å². The molecule has 3 heterocycles. The maximum Gasteiger partial charge on any atom is 0.349 e. The number of aromatic nitrogens is 2. The first kappa shape index (κ1) is 19.8. The van der Waals surface area contributed by atoms with Crippen LogP contribution in [0.4, 0.5) is 0 Å². The summed E-state index contributed by atoms with van der Waals surface area (Å²) in [5, 5.41) is 0.994. The fourth-order valence-electron chi connectivity index (χ4n) is 3.52. The highest BCUT2D eigenvalue weighted by molar-refractivity contribution is 7.20. The molecule has 2 aromatic heterocycles. The zero-order valence-corrected chi connectivity index (χ0v) is 17.4. The Morgan fingerprint density at radius 1 is 1.21 bits per heavy atom. The molecule has 0 spiro atoms. The van der Waals surface area contributed by atoms with Crippen LogP contribution in [-0.4, -0.2) is 27.9 Å². The third kappa shape index (κ3) is 3.84. The Bertz CT molecular complexity index is 1160. The molecule has 4 rings (SSSR count). The second kappa shape index (κ2) is 8.08. The Hall–Kier alpha value is -2.51. The van der Waals surface area contributed by atoms with Gasteiger partial charge < -0.3 is 4.74 Å². The van der Waals surface area contributed by atoms with Gasteiger partial charge in [-0.2, -0.15) is 0 Å². The molecular formula is C21H19ClN2O4S. The van der Waals surface area contributed by atoms with Crippen LogP contribution < -0.4 is 5.56 Å². The Kier molecular flexibility index (Phi) is 5.52. The van der Waals surface area contributed by atoms with E-state index in [-0.39, 0.29) is 17.9 Å². The molecule has 0 saturated carbocycles. The molecule has 29 heavy (non-hydrogen) atoms. The predicted octanol–water partition coefficient (Wildman–Crippen LogP) is 4.19. The number of nitrogens with zero attached hydrogens (tertiary/aromatic N) is 2. The molecule has 0 N–H and O–H groups in total. The van der Waals surface area contributed by atoms with E-state index in [9.17, 15) is 14.4 Å². The smallest absolute Gasteiger partial charge is 0.349 e. The van der Waals surface area contributed by atoms with Gasteiger partial charge in [-0.05, 0) is 49.6 Å². The number of aryl methyl sites for hydroxylation is 2. The van der Waals surface area contributed by atoms with Gasteiger partial charge in [0.05, 0.1) is 5.39 Å². The van der Waals surface area contributed by atoms with Crippen LogP contribution in [0.3, 0.4) is 0 Å². The van der Waals surface area contributed by atoms with Gasteiger partial charge in [-0.15, -0.1) is 11.3 Å². The van der Waals surface area contributed by atoms with E-state index in [4.69, 9.17) is 16.3 Å². The second-order valence-electron chi connectivity index (χ2n) is 7.04. The first-order chi connectivity index (χ1) is 14.0. The molecule has 0 unspecified atom stereocenters. The number of ketones is 1. The van der Waals surface area contributed by atoms with Crippen molar-refractivity contribution in [2.75, 3.05) is 6.61 Å². The van der Waals surface area contributed by atoms with E-state index in [0.29, 0.717) is 37.8 Å². The van der Waals surface area contributed by atoms with Crippen LogP contribution in [0.5, 0.6) is 0 Å². The minimum atomic E-state index is -0.618. The number of hydrogen-bond acceptors (Lipinski definition) is 6. The number of ether oxygens (including phenoxy) is 1. The number of halogens is 1. The summed E-state index contributed by atoms with van der Waals surface area (Å²) < 4.78 is 6.95. The van der Waals surface area contributed by atoms with Gasteiger partial charge in [0.25, 0.3) is 5.56 Å². The minimum Gasteiger partial charge on any atom is -0.453 e. The van der Waals surface area contributed by atoms with Gasteiger partial charge >= 0.3 is 5.97 Å². The van der Waals surface area contributed by atoms with Crippen molar-refractivity contribution in [2.45, 2.75) is 39.2 Å². The van der Waals surface area contributed by atoms with E-state index in [1.54, 1.807) is 35.8 Å². The SMILES string of the molecule is Cc1c(C(=O)OCC(=O)c2ccc(Cl)cc2)sc2nc3n(c(=O)c12)CCCCC3. The summed E-state index contributed by atoms with van der Waals surface area (Å²) in [5.74, 6) is -0.162. The zero-order chi connectivity index (χ0) is 20.5. The topological polar surface area (TPSA) is 78.3 Å². The highest BCUT2D eigenvalue weighted by atomic mass is 35.5. The molecule has 1 aliphatic heterocycles. The Balaban J connectivity index is 1.59. The van der Waals surface area contributed by atoms with Crippen LogP contribution >= 0.6 is 22.9 Å². The van der Waals surface area contributed by atoms with Gasteiger partial charge in [0.15, 0.2) is 12.4 Å². The van der Waals surface area contributed by atoms with E-state index >= 15 is 0 Å². The lowest BCUT2D eigenvalue weighted by Gasteiger charge is -2.08. The molecule has 0 bridgehead atoms. The maximum atomic E-state index is 13.0. The van der Waals surface area contributed by atoms with Gasteiger partial charge in [0.2, 0.25) is 0 Å². The molecule has 150 valence electrons. The van der Waals surface area contributed by atoms with Crippen molar-refractivity contribution in [3.63, 3.8) is 0 Å². The largest absolute Gasteiger partial charge is 0.453 e. The second-order valence-corrected chi connectivity index (χ2v) is 8.47. The summed E-state index contributed by atoms with van der Waals surface area (Å²) in [5.41, 5.74) is 0.877. The van der Waals surface area contributed by atoms with Crippen molar-refractivity contribution >= 4 is 44.9 Å². The van der Waals surface area contributed by atoms with Gasteiger partial charge in [-0.3, -0.25) is 14.2 Å². The lowest BCUT2D eigenvalue weighted by Crippen LogP contribution is -2.24. The fourth-order valence-corrected chi connectivity index (χ4v) is 4.73. The number of rotatable bonds is 4. The van der Waals surface area contributed by atoms with Crippen LogP contribution in [0.15, 0.2) is 29.1 Å². The summed E-state index contributed by atoms with van der Waals surface area (Å²) in [4.78, 5) is 43.3. The molecule has 0 amide bonds. The van der Waals surface area contributed by atoms with E-state index in [1.165, 1.54) is 0 Å². The molecule has 3 aromatic rings. The summed E-state index contributed by atoms with van der Waals surface area (Å²) in [6.45, 7) is 2.00. The van der Waals surface area contributed by atoms with Crippen molar-refractivity contribution < 1.29 is 14.3 Å². The first-order valence-corrected chi connectivity index (χ1v) is 10.6. The third-order valence-corrected chi connectivity index (χ3v) is 6.52. The summed E-state index contributed by atoms with van der Waals surface area (Å²) >= 11 is 6.97. The fraction of sp³-hybridized carbons (Fsp3) is 0.333. The lowest BCUT2D eigenvalue weighted by atomic mass is 10.1.